The van der Waals surface area contributed by atoms with Crippen molar-refractivity contribution in [2.45, 2.75) is 13.1 Å². The van der Waals surface area contributed by atoms with Gasteiger partial charge in [0, 0.05) is 13.6 Å². The van der Waals surface area contributed by atoms with Gasteiger partial charge in [-0.05, 0) is 23.3 Å². The maximum absolute atomic E-state index is 5.17. The molecule has 3 N–H and O–H groups in total. The molecular formula is C20H24IN5O. The van der Waals surface area contributed by atoms with Crippen molar-refractivity contribution in [2.75, 3.05) is 14.2 Å². The first kappa shape index (κ1) is 20.8. The molecule has 1 aromatic heterocycles. The minimum Gasteiger partial charge on any atom is -0.497 e. The second-order valence-corrected chi connectivity index (χ2v) is 5.74. The average molecular weight is 477 g/mol. The SMILES string of the molecule is CN=C(NCc1ccc(OC)cc1)NCc1ncc(-c2ccccc2)[nH]1.I. The first-order valence-electron chi connectivity index (χ1n) is 8.45. The Balaban J connectivity index is 0.00000261. The van der Waals surface area contributed by atoms with Gasteiger partial charge in [0.2, 0.25) is 0 Å². The topological polar surface area (TPSA) is 74.3 Å². The minimum atomic E-state index is 0. The van der Waals surface area contributed by atoms with Crippen LogP contribution in [-0.4, -0.2) is 30.1 Å². The lowest BCUT2D eigenvalue weighted by molar-refractivity contribution is 0.414. The predicted octanol–water partition coefficient (Wildman–Crippen LogP) is 3.57. The van der Waals surface area contributed by atoms with E-state index in [0.29, 0.717) is 13.1 Å². The number of aliphatic imine (C=N–C) groups is 1. The molecule has 27 heavy (non-hydrogen) atoms. The molecule has 0 saturated heterocycles. The molecule has 0 aliphatic rings. The number of ether oxygens (including phenoxy) is 1. The van der Waals surface area contributed by atoms with Crippen LogP contribution >= 0.6 is 24.0 Å². The van der Waals surface area contributed by atoms with Crippen molar-refractivity contribution >= 4 is 29.9 Å². The minimum absolute atomic E-state index is 0. The summed E-state index contributed by atoms with van der Waals surface area (Å²) in [4.78, 5) is 12.0. The number of imidazole rings is 1. The number of guanidine groups is 1. The van der Waals surface area contributed by atoms with Crippen molar-refractivity contribution in [3.63, 3.8) is 0 Å². The largest absolute Gasteiger partial charge is 0.497 e. The van der Waals surface area contributed by atoms with Gasteiger partial charge in [0.1, 0.15) is 11.6 Å². The Morgan fingerprint density at radius 3 is 2.41 bits per heavy atom. The van der Waals surface area contributed by atoms with Crippen LogP contribution in [0, 0.1) is 0 Å². The Hall–Kier alpha value is -2.55. The zero-order valence-electron chi connectivity index (χ0n) is 15.4. The normalized spacial score (nSPS) is 10.8. The van der Waals surface area contributed by atoms with Crippen LogP contribution in [0.1, 0.15) is 11.4 Å². The number of halogens is 1. The quantitative estimate of drug-likeness (QED) is 0.289. The molecular weight excluding hydrogens is 453 g/mol. The Morgan fingerprint density at radius 1 is 1.04 bits per heavy atom. The van der Waals surface area contributed by atoms with Crippen molar-refractivity contribution < 1.29 is 4.74 Å². The van der Waals surface area contributed by atoms with Gasteiger partial charge in [0.15, 0.2) is 5.96 Å². The van der Waals surface area contributed by atoms with Crippen LogP contribution in [0.4, 0.5) is 0 Å². The van der Waals surface area contributed by atoms with Gasteiger partial charge in [-0.3, -0.25) is 4.99 Å². The Bertz CT molecular complexity index is 846. The van der Waals surface area contributed by atoms with Gasteiger partial charge in [0.05, 0.1) is 25.5 Å². The summed E-state index contributed by atoms with van der Waals surface area (Å²) in [7, 11) is 3.41. The zero-order valence-corrected chi connectivity index (χ0v) is 17.7. The van der Waals surface area contributed by atoms with Crippen molar-refractivity contribution in [3.8, 4) is 17.0 Å². The fraction of sp³-hybridized carbons (Fsp3) is 0.200. The van der Waals surface area contributed by atoms with E-state index in [-0.39, 0.29) is 24.0 Å². The first-order valence-corrected chi connectivity index (χ1v) is 8.45. The molecule has 0 unspecified atom stereocenters. The molecule has 0 atom stereocenters. The summed E-state index contributed by atoms with van der Waals surface area (Å²) >= 11 is 0. The average Bonchev–Trinajstić information content (AvgIpc) is 3.18. The molecule has 0 fully saturated rings. The molecule has 7 heteroatoms. The smallest absolute Gasteiger partial charge is 0.191 e. The molecule has 3 rings (SSSR count). The number of benzene rings is 2. The highest BCUT2D eigenvalue weighted by Crippen LogP contribution is 2.15. The van der Waals surface area contributed by atoms with E-state index in [2.05, 4.69) is 37.7 Å². The summed E-state index contributed by atoms with van der Waals surface area (Å²) < 4.78 is 5.17. The van der Waals surface area contributed by atoms with Crippen molar-refractivity contribution in [3.05, 3.63) is 72.2 Å². The van der Waals surface area contributed by atoms with E-state index in [4.69, 9.17) is 4.74 Å². The number of hydrogen-bond donors (Lipinski definition) is 3. The van der Waals surface area contributed by atoms with Crippen LogP contribution in [0.3, 0.4) is 0 Å². The third kappa shape index (κ3) is 5.99. The van der Waals surface area contributed by atoms with E-state index in [9.17, 15) is 0 Å². The third-order valence-electron chi connectivity index (χ3n) is 3.98. The molecule has 0 amide bonds. The number of methoxy groups -OCH3 is 1. The van der Waals surface area contributed by atoms with Crippen molar-refractivity contribution in [2.24, 2.45) is 4.99 Å². The zero-order chi connectivity index (χ0) is 18.2. The Labute approximate surface area is 176 Å². The number of rotatable bonds is 6. The number of aromatic amines is 1. The predicted molar refractivity (Wildman–Crippen MR) is 119 cm³/mol. The molecule has 1 heterocycles. The van der Waals surface area contributed by atoms with E-state index in [1.165, 1.54) is 0 Å². The fourth-order valence-corrected chi connectivity index (χ4v) is 2.53. The second-order valence-electron chi connectivity index (χ2n) is 5.74. The Kier molecular flexibility index (Phi) is 8.12. The summed E-state index contributed by atoms with van der Waals surface area (Å²) in [5.41, 5.74) is 3.27. The van der Waals surface area contributed by atoms with Crippen LogP contribution in [0.5, 0.6) is 5.75 Å². The first-order chi connectivity index (χ1) is 12.8. The number of H-pyrrole nitrogens is 1. The van der Waals surface area contributed by atoms with Gasteiger partial charge in [-0.15, -0.1) is 24.0 Å². The Morgan fingerprint density at radius 2 is 1.74 bits per heavy atom. The molecule has 0 radical (unpaired) electrons. The van der Waals surface area contributed by atoms with Crippen LogP contribution < -0.4 is 15.4 Å². The maximum atomic E-state index is 5.17. The summed E-state index contributed by atoms with van der Waals surface area (Å²) in [5.74, 6) is 2.43. The van der Waals surface area contributed by atoms with Crippen LogP contribution in [0.2, 0.25) is 0 Å². The highest BCUT2D eigenvalue weighted by molar-refractivity contribution is 14.0. The van der Waals surface area contributed by atoms with Gasteiger partial charge in [-0.25, -0.2) is 4.98 Å². The van der Waals surface area contributed by atoms with E-state index < -0.39 is 0 Å². The number of nitrogens with one attached hydrogen (secondary N) is 3. The van der Waals surface area contributed by atoms with Crippen molar-refractivity contribution in [1.82, 2.24) is 20.6 Å². The standard InChI is InChI=1S/C20H23N5O.HI/c1-21-20(23-12-15-8-10-17(26-2)11-9-15)24-14-19-22-13-18(25-19)16-6-4-3-5-7-16;/h3-11,13H,12,14H2,1-2H3,(H,22,25)(H2,21,23,24);1H. The number of nitrogens with zero attached hydrogens (tertiary/aromatic N) is 2. The molecule has 6 nitrogen and oxygen atoms in total. The molecule has 0 aliphatic heterocycles. The van der Waals surface area contributed by atoms with Gasteiger partial charge in [0.25, 0.3) is 0 Å². The molecule has 0 spiro atoms. The number of hydrogen-bond acceptors (Lipinski definition) is 3. The second kappa shape index (κ2) is 10.6. The fourth-order valence-electron chi connectivity index (χ4n) is 2.53. The van der Waals surface area contributed by atoms with Gasteiger partial charge < -0.3 is 20.4 Å². The van der Waals surface area contributed by atoms with Crippen LogP contribution in [0.15, 0.2) is 65.8 Å². The molecule has 0 bridgehead atoms. The van der Waals surface area contributed by atoms with E-state index in [1.54, 1.807) is 14.2 Å². The highest BCUT2D eigenvalue weighted by Gasteiger charge is 2.04. The van der Waals surface area contributed by atoms with E-state index in [1.807, 2.05) is 48.7 Å². The molecule has 2 aromatic carbocycles. The summed E-state index contributed by atoms with van der Waals surface area (Å²) in [6.07, 6.45) is 1.85. The summed E-state index contributed by atoms with van der Waals surface area (Å²) in [5, 5.41) is 6.55. The summed E-state index contributed by atoms with van der Waals surface area (Å²) in [6, 6.07) is 18.1. The van der Waals surface area contributed by atoms with Crippen LogP contribution in [-0.2, 0) is 13.1 Å². The number of aromatic nitrogens is 2. The van der Waals surface area contributed by atoms with Crippen LogP contribution in [0.25, 0.3) is 11.3 Å². The lowest BCUT2D eigenvalue weighted by atomic mass is 10.2. The van der Waals surface area contributed by atoms with Gasteiger partial charge in [-0.2, -0.15) is 0 Å². The maximum Gasteiger partial charge on any atom is 0.191 e. The molecule has 142 valence electrons. The van der Waals surface area contributed by atoms with Gasteiger partial charge >= 0.3 is 0 Å². The highest BCUT2D eigenvalue weighted by atomic mass is 127. The van der Waals surface area contributed by atoms with E-state index >= 15 is 0 Å². The molecule has 0 saturated carbocycles. The molecule has 3 aromatic rings. The van der Waals surface area contributed by atoms with E-state index in [0.717, 1.165) is 34.4 Å². The molecule has 0 aliphatic carbocycles. The van der Waals surface area contributed by atoms with Gasteiger partial charge in [-0.1, -0.05) is 42.5 Å². The summed E-state index contributed by atoms with van der Waals surface area (Å²) in [6.45, 7) is 1.24. The monoisotopic (exact) mass is 477 g/mol. The van der Waals surface area contributed by atoms with Crippen molar-refractivity contribution in [1.29, 1.82) is 0 Å². The lowest BCUT2D eigenvalue weighted by Crippen LogP contribution is -2.36. The lowest BCUT2D eigenvalue weighted by Gasteiger charge is -2.11. The third-order valence-corrected chi connectivity index (χ3v) is 3.98.